The average Bonchev–Trinajstić information content (AvgIpc) is 2.92. The van der Waals surface area contributed by atoms with E-state index in [1.165, 1.54) is 23.1 Å². The van der Waals surface area contributed by atoms with Gasteiger partial charge in [0.2, 0.25) is 11.8 Å². The van der Waals surface area contributed by atoms with Crippen molar-refractivity contribution in [2.45, 2.75) is 57.6 Å². The normalized spacial score (nSPS) is 12.9. The first-order chi connectivity index (χ1) is 18.4. The molecule has 0 aliphatic rings. The molecule has 0 fully saturated rings. The lowest BCUT2D eigenvalue weighted by Crippen LogP contribution is -2.52. The zero-order chi connectivity index (χ0) is 28.7. The van der Waals surface area contributed by atoms with E-state index in [0.717, 1.165) is 27.6 Å². The van der Waals surface area contributed by atoms with E-state index in [-0.39, 0.29) is 34.1 Å². The second-order valence-corrected chi connectivity index (χ2v) is 11.6. The third kappa shape index (κ3) is 7.36. The number of hydrogen-bond acceptors (Lipinski definition) is 4. The van der Waals surface area contributed by atoms with Gasteiger partial charge in [0.1, 0.15) is 18.4 Å². The molecule has 0 unspecified atom stereocenters. The van der Waals surface area contributed by atoms with Crippen molar-refractivity contribution < 1.29 is 22.4 Å². The molecule has 10 heteroatoms. The van der Waals surface area contributed by atoms with Gasteiger partial charge in [0.15, 0.2) is 0 Å². The van der Waals surface area contributed by atoms with Crippen LogP contribution >= 0.6 is 11.6 Å². The van der Waals surface area contributed by atoms with Crippen molar-refractivity contribution in [2.75, 3.05) is 10.8 Å². The Hall–Kier alpha value is -3.43. The van der Waals surface area contributed by atoms with Crippen molar-refractivity contribution in [3.63, 3.8) is 0 Å². The van der Waals surface area contributed by atoms with Gasteiger partial charge in [-0.05, 0) is 68.7 Å². The summed E-state index contributed by atoms with van der Waals surface area (Å²) in [5.74, 6) is -1.68. The number of carbonyl (C=O) groups excluding carboxylic acids is 2. The highest BCUT2D eigenvalue weighted by Gasteiger charge is 2.33. The minimum Gasteiger partial charge on any atom is -0.352 e. The predicted octanol–water partition coefficient (Wildman–Crippen LogP) is 5.31. The third-order valence-electron chi connectivity index (χ3n) is 6.57. The summed E-state index contributed by atoms with van der Waals surface area (Å²) in [4.78, 5) is 28.3. The standard InChI is InChI=1S/C29H33ClFN3O4S/c1-5-21(3)32-29(36)22(4)33(18-23-12-10-9-11-20(23)2)28(35)19-34(24-15-16-27(31)26(30)17-24)39(37,38)25-13-7-6-8-14-25/h6-17,21-22H,5,18-19H2,1-4H3,(H,32,36)/t21-,22-/m1/s1. The molecule has 0 saturated carbocycles. The molecule has 0 aliphatic carbocycles. The maximum absolute atomic E-state index is 14.0. The third-order valence-corrected chi connectivity index (χ3v) is 8.65. The van der Waals surface area contributed by atoms with Gasteiger partial charge in [0.05, 0.1) is 15.6 Å². The van der Waals surface area contributed by atoms with Crippen molar-refractivity contribution in [2.24, 2.45) is 0 Å². The van der Waals surface area contributed by atoms with Gasteiger partial charge in [0, 0.05) is 12.6 Å². The number of aryl methyl sites for hydroxylation is 1. The maximum Gasteiger partial charge on any atom is 0.264 e. The molecule has 0 saturated heterocycles. The molecular weight excluding hydrogens is 541 g/mol. The van der Waals surface area contributed by atoms with Gasteiger partial charge in [-0.15, -0.1) is 0 Å². The Morgan fingerprint density at radius 3 is 2.26 bits per heavy atom. The van der Waals surface area contributed by atoms with Crippen LogP contribution in [0.5, 0.6) is 0 Å². The Kier molecular flexibility index (Phi) is 10.1. The number of carbonyl (C=O) groups is 2. The molecule has 39 heavy (non-hydrogen) atoms. The number of halogens is 2. The summed E-state index contributed by atoms with van der Waals surface area (Å²) in [6, 6.07) is 17.5. The van der Waals surface area contributed by atoms with Gasteiger partial charge < -0.3 is 10.2 Å². The van der Waals surface area contributed by atoms with Crippen LogP contribution in [0.3, 0.4) is 0 Å². The molecule has 3 aromatic carbocycles. The lowest BCUT2D eigenvalue weighted by molar-refractivity contribution is -0.139. The Morgan fingerprint density at radius 1 is 1.00 bits per heavy atom. The van der Waals surface area contributed by atoms with Crippen LogP contribution in [0.4, 0.5) is 10.1 Å². The van der Waals surface area contributed by atoms with Crippen LogP contribution in [0.2, 0.25) is 5.02 Å². The summed E-state index contributed by atoms with van der Waals surface area (Å²) < 4.78 is 42.3. The van der Waals surface area contributed by atoms with Crippen molar-refractivity contribution in [1.29, 1.82) is 0 Å². The molecule has 3 aromatic rings. The lowest BCUT2D eigenvalue weighted by Gasteiger charge is -2.32. The highest BCUT2D eigenvalue weighted by molar-refractivity contribution is 7.92. The van der Waals surface area contributed by atoms with Crippen LogP contribution in [0, 0.1) is 12.7 Å². The van der Waals surface area contributed by atoms with E-state index in [1.54, 1.807) is 25.1 Å². The number of nitrogens with one attached hydrogen (secondary N) is 1. The van der Waals surface area contributed by atoms with Gasteiger partial charge in [-0.1, -0.05) is 61.0 Å². The molecule has 2 amide bonds. The van der Waals surface area contributed by atoms with Crippen LogP contribution in [0.15, 0.2) is 77.7 Å². The quantitative estimate of drug-likeness (QED) is 0.337. The number of hydrogen-bond donors (Lipinski definition) is 1. The van der Waals surface area contributed by atoms with Crippen LogP contribution in [0.1, 0.15) is 38.3 Å². The fourth-order valence-electron chi connectivity index (χ4n) is 3.91. The minimum atomic E-state index is -4.26. The minimum absolute atomic E-state index is 0.0196. The van der Waals surface area contributed by atoms with Crippen LogP contribution < -0.4 is 9.62 Å². The number of benzene rings is 3. The highest BCUT2D eigenvalue weighted by atomic mass is 35.5. The van der Waals surface area contributed by atoms with Gasteiger partial charge in [-0.25, -0.2) is 12.8 Å². The van der Waals surface area contributed by atoms with Crippen LogP contribution in [-0.2, 0) is 26.2 Å². The molecule has 7 nitrogen and oxygen atoms in total. The molecule has 0 bridgehead atoms. The van der Waals surface area contributed by atoms with Crippen molar-refractivity contribution in [3.8, 4) is 0 Å². The van der Waals surface area contributed by atoms with Crippen molar-refractivity contribution in [1.82, 2.24) is 10.2 Å². The summed E-state index contributed by atoms with van der Waals surface area (Å²) in [7, 11) is -4.26. The van der Waals surface area contributed by atoms with Gasteiger partial charge in [-0.3, -0.25) is 13.9 Å². The first-order valence-electron chi connectivity index (χ1n) is 12.6. The zero-order valence-corrected chi connectivity index (χ0v) is 24.0. The smallest absolute Gasteiger partial charge is 0.264 e. The summed E-state index contributed by atoms with van der Waals surface area (Å²) in [5.41, 5.74) is 1.76. The summed E-state index contributed by atoms with van der Waals surface area (Å²) in [6.07, 6.45) is 0.707. The van der Waals surface area contributed by atoms with Crippen LogP contribution in [-0.4, -0.2) is 43.8 Å². The number of amides is 2. The topological polar surface area (TPSA) is 86.8 Å². The molecule has 0 spiro atoms. The maximum atomic E-state index is 14.0. The summed E-state index contributed by atoms with van der Waals surface area (Å²) in [6.45, 7) is 6.76. The first-order valence-corrected chi connectivity index (χ1v) is 14.4. The fourth-order valence-corrected chi connectivity index (χ4v) is 5.51. The van der Waals surface area contributed by atoms with E-state index < -0.39 is 34.3 Å². The summed E-state index contributed by atoms with van der Waals surface area (Å²) >= 11 is 5.99. The first kappa shape index (κ1) is 30.1. The largest absolute Gasteiger partial charge is 0.352 e. The molecule has 3 rings (SSSR count). The summed E-state index contributed by atoms with van der Waals surface area (Å²) in [5, 5.41) is 2.61. The molecule has 208 valence electrons. The lowest BCUT2D eigenvalue weighted by atomic mass is 10.1. The van der Waals surface area contributed by atoms with Crippen LogP contribution in [0.25, 0.3) is 0 Å². The number of rotatable bonds is 11. The van der Waals surface area contributed by atoms with Gasteiger partial charge in [-0.2, -0.15) is 0 Å². The molecule has 0 aliphatic heterocycles. The molecule has 0 heterocycles. The second kappa shape index (κ2) is 13.1. The molecule has 0 aromatic heterocycles. The van der Waals surface area contributed by atoms with E-state index in [9.17, 15) is 22.4 Å². The average molecular weight is 574 g/mol. The monoisotopic (exact) mass is 573 g/mol. The van der Waals surface area contributed by atoms with Crippen molar-refractivity contribution >= 4 is 39.1 Å². The van der Waals surface area contributed by atoms with Crippen molar-refractivity contribution in [3.05, 3.63) is 94.8 Å². The fraction of sp³-hybridized carbons (Fsp3) is 0.310. The van der Waals surface area contributed by atoms with E-state index in [2.05, 4.69) is 5.32 Å². The van der Waals surface area contributed by atoms with E-state index in [4.69, 9.17) is 11.6 Å². The van der Waals surface area contributed by atoms with E-state index >= 15 is 0 Å². The zero-order valence-electron chi connectivity index (χ0n) is 22.4. The Balaban J connectivity index is 2.05. The molecular formula is C29H33ClFN3O4S. The van der Waals surface area contributed by atoms with Gasteiger partial charge >= 0.3 is 0 Å². The number of anilines is 1. The second-order valence-electron chi connectivity index (χ2n) is 9.37. The Bertz CT molecular complexity index is 1420. The highest BCUT2D eigenvalue weighted by Crippen LogP contribution is 2.28. The molecule has 0 radical (unpaired) electrons. The van der Waals surface area contributed by atoms with Gasteiger partial charge in [0.25, 0.3) is 10.0 Å². The molecule has 2 atom stereocenters. The predicted molar refractivity (Wildman–Crippen MR) is 151 cm³/mol. The Labute approximate surface area is 234 Å². The number of sulfonamides is 1. The van der Waals surface area contributed by atoms with E-state index in [0.29, 0.717) is 6.42 Å². The Morgan fingerprint density at radius 2 is 1.64 bits per heavy atom. The van der Waals surface area contributed by atoms with E-state index in [1.807, 2.05) is 45.0 Å². The SMILES string of the molecule is CC[C@@H](C)NC(=O)[C@@H](C)N(Cc1ccccc1C)C(=O)CN(c1ccc(F)c(Cl)c1)S(=O)(=O)c1ccccc1. The number of nitrogens with zero attached hydrogens (tertiary/aromatic N) is 2. The molecule has 1 N–H and O–H groups in total.